The zero-order valence-corrected chi connectivity index (χ0v) is 22.5. The van der Waals surface area contributed by atoms with Crippen molar-refractivity contribution in [2.24, 2.45) is 11.3 Å². The second-order valence-electron chi connectivity index (χ2n) is 11.1. The first-order valence-corrected chi connectivity index (χ1v) is 13.2. The van der Waals surface area contributed by atoms with Gasteiger partial charge in [-0.3, -0.25) is 9.59 Å². The third-order valence-corrected chi connectivity index (χ3v) is 7.67. The highest BCUT2D eigenvalue weighted by atomic mass is 35.5. The van der Waals surface area contributed by atoms with E-state index >= 15 is 0 Å². The summed E-state index contributed by atoms with van der Waals surface area (Å²) in [5, 5.41) is 12.8. The van der Waals surface area contributed by atoms with Gasteiger partial charge in [-0.15, -0.1) is 11.6 Å². The summed E-state index contributed by atoms with van der Waals surface area (Å²) in [5.41, 5.74) is 3.14. The average Bonchev–Trinajstić information content (AvgIpc) is 3.57. The van der Waals surface area contributed by atoms with Crippen LogP contribution in [-0.4, -0.2) is 30.5 Å². The number of halogens is 1. The molecule has 0 bridgehead atoms. The topological polar surface area (TPSA) is 88.4 Å². The van der Waals surface area contributed by atoms with Gasteiger partial charge in [-0.1, -0.05) is 0 Å². The number of amides is 1. The van der Waals surface area contributed by atoms with Crippen LogP contribution >= 0.6 is 11.6 Å². The molecular weight excluding hydrogens is 464 g/mol. The van der Waals surface area contributed by atoms with Crippen molar-refractivity contribution in [3.05, 3.63) is 22.8 Å². The number of hydrogen-bond acceptors (Lipinski definition) is 5. The zero-order chi connectivity index (χ0) is 25.8. The molecule has 0 spiro atoms. The summed E-state index contributed by atoms with van der Waals surface area (Å²) in [6.45, 7) is 7.62. The molecule has 3 rings (SSSR count). The maximum Gasteiger partial charge on any atom is 0.306 e. The van der Waals surface area contributed by atoms with E-state index in [0.29, 0.717) is 36.6 Å². The minimum atomic E-state index is -0.504. The molecule has 1 aromatic rings. The maximum absolute atomic E-state index is 13.1. The fourth-order valence-electron chi connectivity index (χ4n) is 5.55. The molecule has 0 aromatic heterocycles. The van der Waals surface area contributed by atoms with Gasteiger partial charge in [0.2, 0.25) is 5.91 Å². The Morgan fingerprint density at radius 2 is 2.03 bits per heavy atom. The van der Waals surface area contributed by atoms with Crippen molar-refractivity contribution in [3.8, 4) is 11.8 Å². The van der Waals surface area contributed by atoms with Crippen LogP contribution in [0.15, 0.2) is 6.07 Å². The highest BCUT2D eigenvalue weighted by molar-refractivity contribution is 6.17. The number of hydrogen-bond donors (Lipinski definition) is 1. The normalized spacial score (nSPS) is 20.4. The van der Waals surface area contributed by atoms with Crippen LogP contribution < -0.4 is 10.1 Å². The number of nitrogens with one attached hydrogen (secondary N) is 1. The number of carbonyl (C=O) groups is 2. The molecule has 2 aliphatic rings. The largest absolute Gasteiger partial charge is 0.494 e. The van der Waals surface area contributed by atoms with Gasteiger partial charge in [0.1, 0.15) is 11.4 Å². The second kappa shape index (κ2) is 11.2. The molecule has 1 fully saturated rings. The lowest BCUT2D eigenvalue weighted by molar-refractivity contribution is -0.155. The minimum Gasteiger partial charge on any atom is -0.494 e. The molecule has 0 radical (unpaired) electrons. The Bertz CT molecular complexity index is 988. The van der Waals surface area contributed by atoms with E-state index in [2.05, 4.69) is 11.4 Å². The molecule has 2 aliphatic carbocycles. The van der Waals surface area contributed by atoms with E-state index in [1.807, 2.05) is 33.8 Å². The number of benzene rings is 1. The molecule has 6 nitrogen and oxygen atoms in total. The summed E-state index contributed by atoms with van der Waals surface area (Å²) >= 11 is 5.87. The predicted octanol–water partition coefficient (Wildman–Crippen LogP) is 6.42. The van der Waals surface area contributed by atoms with Crippen molar-refractivity contribution < 1.29 is 19.1 Å². The standard InChI is InChI=1S/C28H39ClN2O4/c1-18-24-20(8-7-19(21(24)11-16-30)9-10-23(32)35-27(2,3)4)17-22(25(18)34-5)31-26(33)28(13-14-28)12-6-15-29/h17,19,21H,6-15H2,1-5H3,(H,31,33). The van der Waals surface area contributed by atoms with Crippen LogP contribution in [-0.2, 0) is 20.7 Å². The molecule has 192 valence electrons. The van der Waals surface area contributed by atoms with E-state index in [9.17, 15) is 14.9 Å². The highest BCUT2D eigenvalue weighted by Gasteiger charge is 2.49. The van der Waals surface area contributed by atoms with Gasteiger partial charge in [0, 0.05) is 30.1 Å². The Morgan fingerprint density at radius 3 is 2.60 bits per heavy atom. The monoisotopic (exact) mass is 502 g/mol. The molecule has 1 saturated carbocycles. The van der Waals surface area contributed by atoms with Gasteiger partial charge in [0.15, 0.2) is 0 Å². The Morgan fingerprint density at radius 1 is 1.31 bits per heavy atom. The molecule has 35 heavy (non-hydrogen) atoms. The summed E-state index contributed by atoms with van der Waals surface area (Å²) in [5.74, 6) is 1.29. The molecule has 1 amide bonds. The molecule has 1 N–H and O–H groups in total. The molecule has 2 atom stereocenters. The van der Waals surface area contributed by atoms with Crippen molar-refractivity contribution >= 4 is 29.2 Å². The van der Waals surface area contributed by atoms with Gasteiger partial charge in [-0.25, -0.2) is 0 Å². The summed E-state index contributed by atoms with van der Waals surface area (Å²) in [6, 6.07) is 4.39. The van der Waals surface area contributed by atoms with Crippen molar-refractivity contribution in [3.63, 3.8) is 0 Å². The number of aryl methyl sites for hydroxylation is 1. The number of fused-ring (bicyclic) bond motifs is 1. The molecule has 2 unspecified atom stereocenters. The van der Waals surface area contributed by atoms with E-state index in [0.717, 1.165) is 55.2 Å². The number of anilines is 1. The van der Waals surface area contributed by atoms with Gasteiger partial charge in [0.05, 0.1) is 18.9 Å². The quantitative estimate of drug-likeness (QED) is 0.294. The first kappa shape index (κ1) is 27.3. The van der Waals surface area contributed by atoms with Gasteiger partial charge in [0.25, 0.3) is 0 Å². The number of alkyl halides is 1. The van der Waals surface area contributed by atoms with Crippen LogP contribution in [0.4, 0.5) is 5.69 Å². The van der Waals surface area contributed by atoms with E-state index in [1.54, 1.807) is 7.11 Å². The van der Waals surface area contributed by atoms with Crippen molar-refractivity contribution in [1.29, 1.82) is 5.26 Å². The van der Waals surface area contributed by atoms with Gasteiger partial charge in [-0.05, 0) is 101 Å². The van der Waals surface area contributed by atoms with E-state index < -0.39 is 5.60 Å². The van der Waals surface area contributed by atoms with Crippen LogP contribution in [0, 0.1) is 29.6 Å². The summed E-state index contributed by atoms with van der Waals surface area (Å²) in [4.78, 5) is 25.4. The molecule has 0 aliphatic heterocycles. The molecule has 0 heterocycles. The zero-order valence-electron chi connectivity index (χ0n) is 21.8. The summed E-state index contributed by atoms with van der Waals surface area (Å²) in [7, 11) is 1.62. The number of rotatable bonds is 10. The SMILES string of the molecule is COc1c(NC(=O)C2(CCCCl)CC2)cc2c(c1C)C(CC#N)C(CCC(=O)OC(C)(C)C)CC2. The molecule has 1 aromatic carbocycles. The van der Waals surface area contributed by atoms with E-state index in [1.165, 1.54) is 0 Å². The lowest BCUT2D eigenvalue weighted by Gasteiger charge is -2.35. The lowest BCUT2D eigenvalue weighted by Crippen LogP contribution is -2.27. The number of nitrogens with zero attached hydrogens (tertiary/aromatic N) is 1. The third kappa shape index (κ3) is 6.50. The van der Waals surface area contributed by atoms with Crippen molar-refractivity contribution in [1.82, 2.24) is 0 Å². The number of ether oxygens (including phenoxy) is 2. The number of esters is 1. The Kier molecular flexibility index (Phi) is 8.75. The first-order chi connectivity index (χ1) is 16.5. The first-order valence-electron chi connectivity index (χ1n) is 12.7. The van der Waals surface area contributed by atoms with Crippen LogP contribution in [0.2, 0.25) is 0 Å². The lowest BCUT2D eigenvalue weighted by atomic mass is 9.70. The van der Waals surface area contributed by atoms with Crippen LogP contribution in [0.25, 0.3) is 0 Å². The van der Waals surface area contributed by atoms with Gasteiger partial charge in [-0.2, -0.15) is 5.26 Å². The number of carbonyl (C=O) groups excluding carboxylic acids is 2. The fourth-order valence-corrected chi connectivity index (χ4v) is 5.68. The molecule has 0 saturated heterocycles. The molecule has 7 heteroatoms. The van der Waals surface area contributed by atoms with E-state index in [4.69, 9.17) is 21.1 Å². The average molecular weight is 503 g/mol. The third-order valence-electron chi connectivity index (χ3n) is 7.41. The smallest absolute Gasteiger partial charge is 0.306 e. The Balaban J connectivity index is 1.83. The summed E-state index contributed by atoms with van der Waals surface area (Å²) in [6.07, 6.45) is 6.55. The van der Waals surface area contributed by atoms with Crippen molar-refractivity contribution in [2.75, 3.05) is 18.3 Å². The Labute approximate surface area is 214 Å². The minimum absolute atomic E-state index is 0.0170. The number of methoxy groups -OCH3 is 1. The summed E-state index contributed by atoms with van der Waals surface area (Å²) < 4.78 is 11.3. The van der Waals surface area contributed by atoms with Crippen molar-refractivity contribution in [2.45, 2.75) is 97.0 Å². The predicted molar refractivity (Wildman–Crippen MR) is 138 cm³/mol. The van der Waals surface area contributed by atoms with Crippen LogP contribution in [0.1, 0.15) is 94.7 Å². The number of nitriles is 1. The fraction of sp³-hybridized carbons (Fsp3) is 0.679. The van der Waals surface area contributed by atoms with Crippen LogP contribution in [0.5, 0.6) is 5.75 Å². The maximum atomic E-state index is 13.1. The van der Waals surface area contributed by atoms with Gasteiger partial charge >= 0.3 is 5.97 Å². The highest BCUT2D eigenvalue weighted by Crippen LogP contribution is 2.52. The van der Waals surface area contributed by atoms with E-state index in [-0.39, 0.29) is 29.1 Å². The van der Waals surface area contributed by atoms with Crippen LogP contribution in [0.3, 0.4) is 0 Å². The second-order valence-corrected chi connectivity index (χ2v) is 11.5. The van der Waals surface area contributed by atoms with Gasteiger partial charge < -0.3 is 14.8 Å². The molecular formula is C28H39ClN2O4. The Hall–Kier alpha value is -2.26.